The predicted octanol–water partition coefficient (Wildman–Crippen LogP) is -2.16. The van der Waals surface area contributed by atoms with E-state index in [4.69, 9.17) is 10.8 Å². The first-order valence-electron chi connectivity index (χ1n) is 8.10. The lowest BCUT2D eigenvalue weighted by Gasteiger charge is -2.25. The number of carbonyl (C=O) groups is 4. The van der Waals surface area contributed by atoms with Gasteiger partial charge in [0.25, 0.3) is 0 Å². The number of aliphatic carboxylic acids is 1. The highest BCUT2D eigenvalue weighted by Crippen LogP contribution is 2.00. The van der Waals surface area contributed by atoms with E-state index in [-0.39, 0.29) is 11.7 Å². The summed E-state index contributed by atoms with van der Waals surface area (Å²) >= 11 is 3.82. The molecular weight excluding hydrogens is 364 g/mol. The van der Waals surface area contributed by atoms with Crippen LogP contribution in [0.3, 0.4) is 0 Å². The third-order valence-electron chi connectivity index (χ3n) is 3.63. The van der Waals surface area contributed by atoms with Gasteiger partial charge in [0, 0.05) is 5.75 Å². The van der Waals surface area contributed by atoms with Gasteiger partial charge in [-0.15, -0.1) is 0 Å². The van der Waals surface area contributed by atoms with Gasteiger partial charge in [0.15, 0.2) is 0 Å². The maximum absolute atomic E-state index is 12.2. The number of nitrogens with two attached hydrogens (primary N) is 1. The van der Waals surface area contributed by atoms with Crippen LogP contribution in [-0.2, 0) is 19.2 Å². The summed E-state index contributed by atoms with van der Waals surface area (Å²) in [6.07, 6.45) is -1.30. The molecule has 0 radical (unpaired) electrons. The van der Waals surface area contributed by atoms with Crippen molar-refractivity contribution in [2.24, 2.45) is 11.7 Å². The molecule has 0 spiro atoms. The van der Waals surface area contributed by atoms with Crippen LogP contribution in [0.5, 0.6) is 0 Å². The van der Waals surface area contributed by atoms with Crippen LogP contribution in [0.15, 0.2) is 0 Å². The molecule has 150 valence electrons. The van der Waals surface area contributed by atoms with Gasteiger partial charge in [0.2, 0.25) is 17.7 Å². The van der Waals surface area contributed by atoms with E-state index in [1.165, 1.54) is 13.8 Å². The monoisotopic (exact) mass is 392 g/mol. The molecule has 10 nitrogen and oxygen atoms in total. The number of hydrogen-bond acceptors (Lipinski definition) is 7. The lowest BCUT2D eigenvalue weighted by molar-refractivity contribution is -0.142. The Hall–Kier alpha value is -1.85. The van der Waals surface area contributed by atoms with Crippen molar-refractivity contribution in [1.29, 1.82) is 0 Å². The Balaban J connectivity index is 4.93. The molecule has 0 aliphatic rings. The maximum atomic E-state index is 12.2. The molecule has 0 fully saturated rings. The fourth-order valence-electron chi connectivity index (χ4n) is 1.81. The quantitative estimate of drug-likeness (QED) is 0.207. The summed E-state index contributed by atoms with van der Waals surface area (Å²) < 4.78 is 0. The van der Waals surface area contributed by atoms with Crippen LogP contribution in [0.4, 0.5) is 0 Å². The van der Waals surface area contributed by atoms with Crippen LogP contribution in [0.25, 0.3) is 0 Å². The van der Waals surface area contributed by atoms with Gasteiger partial charge >= 0.3 is 5.97 Å². The first-order chi connectivity index (χ1) is 11.9. The van der Waals surface area contributed by atoms with Gasteiger partial charge in [-0.25, -0.2) is 4.79 Å². The number of carboxylic acids is 1. The summed E-state index contributed by atoms with van der Waals surface area (Å²) in [5.74, 6) is -3.73. The first-order valence-corrected chi connectivity index (χ1v) is 8.74. The number of aliphatic hydroxyl groups excluding tert-OH is 1. The van der Waals surface area contributed by atoms with Gasteiger partial charge < -0.3 is 31.9 Å². The molecule has 0 aromatic heterocycles. The minimum atomic E-state index is -1.40. The lowest BCUT2D eigenvalue weighted by Crippen LogP contribution is -2.59. The molecule has 0 aromatic carbocycles. The number of amides is 3. The van der Waals surface area contributed by atoms with Gasteiger partial charge in [0.1, 0.15) is 18.1 Å². The smallest absolute Gasteiger partial charge is 0.327 e. The zero-order valence-corrected chi connectivity index (χ0v) is 16.1. The second kappa shape index (κ2) is 11.0. The van der Waals surface area contributed by atoms with Crippen LogP contribution in [0.1, 0.15) is 27.7 Å². The third kappa shape index (κ3) is 7.58. The predicted molar refractivity (Wildman–Crippen MR) is 97.4 cm³/mol. The highest BCUT2D eigenvalue weighted by molar-refractivity contribution is 7.80. The molecule has 0 heterocycles. The standard InChI is InChI=1S/C15H28N4O6S/c1-6(2)10(16)13(22)17-7(3)12(21)19-11(8(4)20)14(23)18-9(5-26)15(24)25/h6-11,20,26H,5,16H2,1-4H3,(H,17,22)(H,18,23)(H,19,21)(H,24,25). The largest absolute Gasteiger partial charge is 0.480 e. The normalized spacial score (nSPS) is 16.8. The minimum absolute atomic E-state index is 0.129. The number of carboxylic acid groups (broad SMARTS) is 1. The highest BCUT2D eigenvalue weighted by Gasteiger charge is 2.31. The van der Waals surface area contributed by atoms with E-state index in [1.807, 2.05) is 0 Å². The first kappa shape index (κ1) is 24.1. The van der Waals surface area contributed by atoms with E-state index in [2.05, 4.69) is 28.6 Å². The molecule has 0 saturated carbocycles. The number of aliphatic hydroxyl groups is 1. The van der Waals surface area contributed by atoms with Crippen molar-refractivity contribution in [2.45, 2.75) is 58.0 Å². The summed E-state index contributed by atoms with van der Waals surface area (Å²) in [5, 5.41) is 25.5. The Morgan fingerprint density at radius 3 is 1.88 bits per heavy atom. The molecule has 5 unspecified atom stereocenters. The van der Waals surface area contributed by atoms with Crippen LogP contribution in [0, 0.1) is 5.92 Å². The summed E-state index contributed by atoms with van der Waals surface area (Å²) in [4.78, 5) is 47.2. The maximum Gasteiger partial charge on any atom is 0.327 e. The van der Waals surface area contributed by atoms with E-state index in [9.17, 15) is 24.3 Å². The molecule has 0 rings (SSSR count). The molecular formula is C15H28N4O6S. The second-order valence-electron chi connectivity index (χ2n) is 6.31. The lowest BCUT2D eigenvalue weighted by atomic mass is 10.0. The molecule has 11 heteroatoms. The topological polar surface area (TPSA) is 171 Å². The van der Waals surface area contributed by atoms with Crippen molar-refractivity contribution in [3.05, 3.63) is 0 Å². The number of rotatable bonds is 10. The minimum Gasteiger partial charge on any atom is -0.480 e. The molecule has 0 bridgehead atoms. The molecule has 7 N–H and O–H groups in total. The third-order valence-corrected chi connectivity index (χ3v) is 4.00. The van der Waals surface area contributed by atoms with Crippen molar-refractivity contribution in [1.82, 2.24) is 16.0 Å². The van der Waals surface area contributed by atoms with Crippen molar-refractivity contribution < 1.29 is 29.4 Å². The van der Waals surface area contributed by atoms with Gasteiger partial charge in [-0.1, -0.05) is 13.8 Å². The van der Waals surface area contributed by atoms with Crippen molar-refractivity contribution in [3.8, 4) is 0 Å². The zero-order chi connectivity index (χ0) is 20.6. The number of hydrogen-bond donors (Lipinski definition) is 7. The van der Waals surface area contributed by atoms with Gasteiger partial charge in [0.05, 0.1) is 12.1 Å². The van der Waals surface area contributed by atoms with Gasteiger partial charge in [-0.05, 0) is 19.8 Å². The van der Waals surface area contributed by atoms with Crippen molar-refractivity contribution in [2.75, 3.05) is 5.75 Å². The van der Waals surface area contributed by atoms with E-state index < -0.39 is 54.0 Å². The average molecular weight is 392 g/mol. The number of nitrogens with one attached hydrogen (secondary N) is 3. The number of carbonyl (C=O) groups excluding carboxylic acids is 3. The van der Waals surface area contributed by atoms with Crippen LogP contribution < -0.4 is 21.7 Å². The fourth-order valence-corrected chi connectivity index (χ4v) is 2.06. The fraction of sp³-hybridized carbons (Fsp3) is 0.733. The Kier molecular flexibility index (Phi) is 10.2. The molecule has 3 amide bonds. The molecule has 0 aliphatic carbocycles. The van der Waals surface area contributed by atoms with Gasteiger partial charge in [-0.2, -0.15) is 12.6 Å². The van der Waals surface area contributed by atoms with Crippen LogP contribution in [-0.4, -0.2) is 69.9 Å². The zero-order valence-electron chi connectivity index (χ0n) is 15.2. The highest BCUT2D eigenvalue weighted by atomic mass is 32.1. The molecule has 0 aromatic rings. The molecule has 5 atom stereocenters. The van der Waals surface area contributed by atoms with E-state index in [1.54, 1.807) is 13.8 Å². The Morgan fingerprint density at radius 1 is 0.962 bits per heavy atom. The van der Waals surface area contributed by atoms with E-state index in [0.29, 0.717) is 0 Å². The Labute approximate surface area is 157 Å². The van der Waals surface area contributed by atoms with Gasteiger partial charge in [-0.3, -0.25) is 14.4 Å². The second-order valence-corrected chi connectivity index (χ2v) is 6.67. The molecule has 26 heavy (non-hydrogen) atoms. The number of thiol groups is 1. The molecule has 0 aliphatic heterocycles. The average Bonchev–Trinajstić information content (AvgIpc) is 2.55. The van der Waals surface area contributed by atoms with Crippen LogP contribution in [0.2, 0.25) is 0 Å². The van der Waals surface area contributed by atoms with Crippen molar-refractivity contribution in [3.63, 3.8) is 0 Å². The summed E-state index contributed by atoms with van der Waals surface area (Å²) in [7, 11) is 0. The van der Waals surface area contributed by atoms with Crippen LogP contribution >= 0.6 is 12.6 Å². The summed E-state index contributed by atoms with van der Waals surface area (Å²) in [6, 6.07) is -4.48. The Morgan fingerprint density at radius 2 is 1.50 bits per heavy atom. The summed E-state index contributed by atoms with van der Waals surface area (Å²) in [6.45, 7) is 6.16. The molecule has 0 saturated heterocycles. The van der Waals surface area contributed by atoms with E-state index >= 15 is 0 Å². The SMILES string of the molecule is CC(NC(=O)C(N)C(C)C)C(=O)NC(C(=O)NC(CS)C(=O)O)C(C)O. The Bertz CT molecular complexity index is 528. The van der Waals surface area contributed by atoms with E-state index in [0.717, 1.165) is 0 Å². The summed E-state index contributed by atoms with van der Waals surface area (Å²) in [5.41, 5.74) is 5.69. The van der Waals surface area contributed by atoms with Crippen molar-refractivity contribution >= 4 is 36.3 Å².